The average molecular weight is 402 g/mol. The van der Waals surface area contributed by atoms with E-state index in [1.54, 1.807) is 19.5 Å². The summed E-state index contributed by atoms with van der Waals surface area (Å²) in [7, 11) is 1.67. The van der Waals surface area contributed by atoms with Crippen LogP contribution in [-0.2, 0) is 11.3 Å². The van der Waals surface area contributed by atoms with Crippen LogP contribution < -0.4 is 0 Å². The van der Waals surface area contributed by atoms with E-state index < -0.39 is 0 Å². The second-order valence-corrected chi connectivity index (χ2v) is 7.59. The molecule has 1 aliphatic heterocycles. The van der Waals surface area contributed by atoms with Crippen LogP contribution in [0.25, 0.3) is 11.1 Å². The molecule has 0 saturated carbocycles. The van der Waals surface area contributed by atoms with E-state index in [9.17, 15) is 4.79 Å². The van der Waals surface area contributed by atoms with Crippen molar-refractivity contribution in [2.24, 2.45) is 0 Å². The Morgan fingerprint density at radius 2 is 1.90 bits per heavy atom. The van der Waals surface area contributed by atoms with Gasteiger partial charge in [-0.15, -0.1) is 0 Å². The standard InChI is InChI=1S/C24H26N4O2/c1-17-26-15-21(19-10-12-25-13-11-19)23(27-17)22-5-3-4-14-28(22)24(29)20-8-6-18(7-9-20)16-30-2/h6-13,15,22H,3-5,14,16H2,1-2H3/t22-/m1/s1. The fourth-order valence-electron chi connectivity index (χ4n) is 4.03. The first-order valence-electron chi connectivity index (χ1n) is 10.3. The number of aryl methyl sites for hydroxylation is 1. The van der Waals surface area contributed by atoms with Gasteiger partial charge in [0.25, 0.3) is 5.91 Å². The van der Waals surface area contributed by atoms with Crippen molar-refractivity contribution in [3.05, 3.63) is 77.6 Å². The summed E-state index contributed by atoms with van der Waals surface area (Å²) in [5.41, 5.74) is 4.64. The van der Waals surface area contributed by atoms with E-state index in [4.69, 9.17) is 9.72 Å². The smallest absolute Gasteiger partial charge is 0.254 e. The summed E-state index contributed by atoms with van der Waals surface area (Å²) in [6.45, 7) is 3.15. The number of amides is 1. The minimum atomic E-state index is -0.0743. The molecule has 0 aliphatic carbocycles. The average Bonchev–Trinajstić information content (AvgIpc) is 2.80. The maximum Gasteiger partial charge on any atom is 0.254 e. The molecule has 0 spiro atoms. The van der Waals surface area contributed by atoms with Gasteiger partial charge in [-0.25, -0.2) is 9.97 Å². The first-order valence-corrected chi connectivity index (χ1v) is 10.3. The summed E-state index contributed by atoms with van der Waals surface area (Å²) >= 11 is 0. The fourth-order valence-corrected chi connectivity index (χ4v) is 4.03. The number of aromatic nitrogens is 3. The number of carbonyl (C=O) groups is 1. The molecule has 6 heteroatoms. The third-order valence-corrected chi connectivity index (χ3v) is 5.52. The second kappa shape index (κ2) is 9.13. The monoisotopic (exact) mass is 402 g/mol. The third kappa shape index (κ3) is 4.24. The summed E-state index contributed by atoms with van der Waals surface area (Å²) in [5.74, 6) is 0.755. The lowest BCUT2D eigenvalue weighted by molar-refractivity contribution is 0.0606. The lowest BCUT2D eigenvalue weighted by Crippen LogP contribution is -2.39. The summed E-state index contributed by atoms with van der Waals surface area (Å²) in [6.07, 6.45) is 8.36. The molecule has 0 radical (unpaired) electrons. The highest BCUT2D eigenvalue weighted by atomic mass is 16.5. The van der Waals surface area contributed by atoms with Crippen LogP contribution in [0.2, 0.25) is 0 Å². The molecule has 1 aromatic carbocycles. The number of piperidine rings is 1. The Hall–Kier alpha value is -3.12. The van der Waals surface area contributed by atoms with Crippen LogP contribution in [0.3, 0.4) is 0 Å². The summed E-state index contributed by atoms with van der Waals surface area (Å²) in [4.78, 5) is 28.7. The number of methoxy groups -OCH3 is 1. The molecule has 6 nitrogen and oxygen atoms in total. The molecular formula is C24H26N4O2. The molecular weight excluding hydrogens is 376 g/mol. The van der Waals surface area contributed by atoms with Gasteiger partial charge in [0.2, 0.25) is 0 Å². The predicted octanol–water partition coefficient (Wildman–Crippen LogP) is 4.36. The van der Waals surface area contributed by atoms with E-state index in [0.29, 0.717) is 18.0 Å². The van der Waals surface area contributed by atoms with Gasteiger partial charge in [-0.05, 0) is 61.6 Å². The van der Waals surface area contributed by atoms with E-state index >= 15 is 0 Å². The first-order chi connectivity index (χ1) is 14.7. The third-order valence-electron chi connectivity index (χ3n) is 5.52. The van der Waals surface area contributed by atoms with E-state index in [1.165, 1.54) is 0 Å². The van der Waals surface area contributed by atoms with Crippen molar-refractivity contribution in [2.45, 2.75) is 38.8 Å². The first kappa shape index (κ1) is 20.2. The molecule has 0 unspecified atom stereocenters. The van der Waals surface area contributed by atoms with Crippen LogP contribution in [0.1, 0.15) is 52.7 Å². The number of hydrogen-bond donors (Lipinski definition) is 0. The lowest BCUT2D eigenvalue weighted by Gasteiger charge is -2.36. The van der Waals surface area contributed by atoms with Crippen LogP contribution in [-0.4, -0.2) is 39.4 Å². The highest BCUT2D eigenvalue weighted by molar-refractivity contribution is 5.94. The minimum Gasteiger partial charge on any atom is -0.380 e. The maximum atomic E-state index is 13.4. The van der Waals surface area contributed by atoms with Crippen LogP contribution in [0.5, 0.6) is 0 Å². The van der Waals surface area contributed by atoms with E-state index in [-0.39, 0.29) is 11.9 Å². The SMILES string of the molecule is COCc1ccc(C(=O)N2CCCC[C@@H]2c2nc(C)ncc2-c2ccncc2)cc1. The number of rotatable bonds is 5. The molecule has 3 aromatic rings. The number of hydrogen-bond acceptors (Lipinski definition) is 5. The van der Waals surface area contributed by atoms with Crippen molar-refractivity contribution >= 4 is 5.91 Å². The summed E-state index contributed by atoms with van der Waals surface area (Å²) in [6, 6.07) is 11.5. The number of ether oxygens (including phenoxy) is 1. The Labute approximate surface area is 177 Å². The van der Waals surface area contributed by atoms with Crippen molar-refractivity contribution in [1.29, 1.82) is 0 Å². The van der Waals surface area contributed by atoms with Gasteiger partial charge in [-0.1, -0.05) is 12.1 Å². The van der Waals surface area contributed by atoms with Crippen LogP contribution in [0.15, 0.2) is 55.0 Å². The molecule has 1 atom stereocenters. The van der Waals surface area contributed by atoms with Crippen molar-refractivity contribution in [1.82, 2.24) is 19.9 Å². The Bertz CT molecular complexity index is 1010. The van der Waals surface area contributed by atoms with Gasteiger partial charge in [-0.2, -0.15) is 0 Å². The minimum absolute atomic E-state index is 0.0422. The number of likely N-dealkylation sites (tertiary alicyclic amines) is 1. The van der Waals surface area contributed by atoms with Gasteiger partial charge < -0.3 is 9.64 Å². The van der Waals surface area contributed by atoms with Crippen molar-refractivity contribution in [3.8, 4) is 11.1 Å². The highest BCUT2D eigenvalue weighted by Crippen LogP contribution is 2.36. The molecule has 1 saturated heterocycles. The zero-order valence-electron chi connectivity index (χ0n) is 17.4. The molecule has 2 aromatic heterocycles. The Morgan fingerprint density at radius 1 is 1.13 bits per heavy atom. The van der Waals surface area contributed by atoms with Gasteiger partial charge in [0.1, 0.15) is 5.82 Å². The summed E-state index contributed by atoms with van der Waals surface area (Å²) < 4.78 is 5.17. The van der Waals surface area contributed by atoms with E-state index in [0.717, 1.165) is 48.2 Å². The molecule has 154 valence electrons. The molecule has 0 N–H and O–H groups in total. The van der Waals surface area contributed by atoms with Crippen molar-refractivity contribution in [2.75, 3.05) is 13.7 Å². The van der Waals surface area contributed by atoms with E-state index in [1.807, 2.05) is 54.4 Å². The largest absolute Gasteiger partial charge is 0.380 e. The van der Waals surface area contributed by atoms with Crippen LogP contribution in [0, 0.1) is 6.92 Å². The molecule has 4 rings (SSSR count). The zero-order valence-corrected chi connectivity index (χ0v) is 17.4. The Morgan fingerprint density at radius 3 is 2.63 bits per heavy atom. The van der Waals surface area contributed by atoms with Gasteiger partial charge in [0, 0.05) is 43.4 Å². The Balaban J connectivity index is 1.69. The molecule has 0 bridgehead atoms. The number of carbonyl (C=O) groups excluding carboxylic acids is 1. The quantitative estimate of drug-likeness (QED) is 0.634. The lowest BCUT2D eigenvalue weighted by atomic mass is 9.93. The Kier molecular flexibility index (Phi) is 6.14. The van der Waals surface area contributed by atoms with Gasteiger partial charge >= 0.3 is 0 Å². The highest BCUT2D eigenvalue weighted by Gasteiger charge is 2.31. The van der Waals surface area contributed by atoms with Gasteiger partial charge in [0.05, 0.1) is 18.3 Å². The van der Waals surface area contributed by atoms with Crippen molar-refractivity contribution in [3.63, 3.8) is 0 Å². The number of pyridine rings is 1. The van der Waals surface area contributed by atoms with Gasteiger partial charge in [0.15, 0.2) is 0 Å². The second-order valence-electron chi connectivity index (χ2n) is 7.59. The normalized spacial score (nSPS) is 16.5. The predicted molar refractivity (Wildman–Crippen MR) is 115 cm³/mol. The fraction of sp³-hybridized carbons (Fsp3) is 0.333. The summed E-state index contributed by atoms with van der Waals surface area (Å²) in [5, 5.41) is 0. The number of benzene rings is 1. The topological polar surface area (TPSA) is 68.2 Å². The van der Waals surface area contributed by atoms with Crippen LogP contribution >= 0.6 is 0 Å². The molecule has 30 heavy (non-hydrogen) atoms. The number of nitrogens with zero attached hydrogens (tertiary/aromatic N) is 4. The molecule has 1 aliphatic rings. The molecule has 1 amide bonds. The van der Waals surface area contributed by atoms with Gasteiger partial charge in [-0.3, -0.25) is 9.78 Å². The zero-order chi connectivity index (χ0) is 20.9. The molecule has 3 heterocycles. The maximum absolute atomic E-state index is 13.4. The molecule has 1 fully saturated rings. The van der Waals surface area contributed by atoms with Crippen LogP contribution in [0.4, 0.5) is 0 Å². The van der Waals surface area contributed by atoms with Crippen molar-refractivity contribution < 1.29 is 9.53 Å². The van der Waals surface area contributed by atoms with E-state index in [2.05, 4.69) is 9.97 Å².